The molecule has 0 unspecified atom stereocenters. The fourth-order valence-corrected chi connectivity index (χ4v) is 4.07. The van der Waals surface area contributed by atoms with E-state index in [1.54, 1.807) is 14.2 Å². The van der Waals surface area contributed by atoms with E-state index in [-0.39, 0.29) is 0 Å². The van der Waals surface area contributed by atoms with Crippen LogP contribution in [0.15, 0.2) is 0 Å². The second-order valence-electron chi connectivity index (χ2n) is 3.31. The first-order chi connectivity index (χ1) is 5.60. The average molecular weight is 191 g/mol. The summed E-state index contributed by atoms with van der Waals surface area (Å²) in [6.07, 6.45) is 2.07. The Morgan fingerprint density at radius 2 is 1.67 bits per heavy atom. The Labute approximate surface area is 76.9 Å². The molecule has 0 saturated heterocycles. The van der Waals surface area contributed by atoms with E-state index in [2.05, 4.69) is 25.9 Å². The summed E-state index contributed by atoms with van der Waals surface area (Å²) in [5.74, 6) is 0. The van der Waals surface area contributed by atoms with Gasteiger partial charge in [-0.1, -0.05) is 13.3 Å². The van der Waals surface area contributed by atoms with Gasteiger partial charge in [0.25, 0.3) is 0 Å². The SMILES string of the molecule is CCC[Si](CN(C)C)(OC)OC. The highest BCUT2D eigenvalue weighted by Gasteiger charge is 2.34. The second kappa shape index (κ2) is 5.69. The van der Waals surface area contributed by atoms with Gasteiger partial charge in [-0.2, -0.15) is 0 Å². The van der Waals surface area contributed by atoms with Crippen LogP contribution in [0.2, 0.25) is 6.04 Å². The molecule has 0 atom stereocenters. The predicted molar refractivity (Wildman–Crippen MR) is 53.4 cm³/mol. The van der Waals surface area contributed by atoms with Crippen LogP contribution in [0, 0.1) is 0 Å². The Bertz CT molecular complexity index is 116. The summed E-state index contributed by atoms with van der Waals surface area (Å²) in [6, 6.07) is 1.07. The molecule has 0 aromatic rings. The minimum absolute atomic E-state index is 0.938. The van der Waals surface area contributed by atoms with Gasteiger partial charge in [0.1, 0.15) is 0 Å². The molecule has 0 aliphatic heterocycles. The van der Waals surface area contributed by atoms with Crippen LogP contribution in [0.4, 0.5) is 0 Å². The Kier molecular flexibility index (Phi) is 5.74. The monoisotopic (exact) mass is 191 g/mol. The van der Waals surface area contributed by atoms with E-state index in [4.69, 9.17) is 8.85 Å². The Hall–Kier alpha value is 0.0969. The third-order valence-corrected chi connectivity index (χ3v) is 5.80. The van der Waals surface area contributed by atoms with Crippen molar-refractivity contribution in [3.05, 3.63) is 0 Å². The maximum Gasteiger partial charge on any atom is 0.352 e. The van der Waals surface area contributed by atoms with E-state index in [1.165, 1.54) is 0 Å². The summed E-state index contributed by atoms with van der Waals surface area (Å²) in [6.45, 7) is 2.16. The maximum atomic E-state index is 5.51. The number of hydrogen-bond donors (Lipinski definition) is 0. The first kappa shape index (κ1) is 12.1. The topological polar surface area (TPSA) is 21.7 Å². The van der Waals surface area contributed by atoms with Gasteiger partial charge in [-0.05, 0) is 20.1 Å². The van der Waals surface area contributed by atoms with Crippen LogP contribution in [0.25, 0.3) is 0 Å². The van der Waals surface area contributed by atoms with Gasteiger partial charge in [-0.15, -0.1) is 0 Å². The van der Waals surface area contributed by atoms with Crippen LogP contribution in [0.1, 0.15) is 13.3 Å². The molecule has 0 bridgehead atoms. The molecule has 0 spiro atoms. The molecule has 0 aliphatic rings. The summed E-state index contributed by atoms with van der Waals surface area (Å²) in [4.78, 5) is 2.13. The van der Waals surface area contributed by atoms with Crippen molar-refractivity contribution in [2.45, 2.75) is 19.4 Å². The highest BCUT2D eigenvalue weighted by Crippen LogP contribution is 2.14. The van der Waals surface area contributed by atoms with Crippen molar-refractivity contribution in [1.82, 2.24) is 4.90 Å². The fourth-order valence-electron chi connectivity index (χ4n) is 1.36. The van der Waals surface area contributed by atoms with E-state index in [9.17, 15) is 0 Å². The lowest BCUT2D eigenvalue weighted by molar-refractivity contribution is 0.222. The van der Waals surface area contributed by atoms with Crippen molar-refractivity contribution in [3.63, 3.8) is 0 Å². The molecule has 0 aliphatic carbocycles. The Morgan fingerprint density at radius 1 is 1.17 bits per heavy atom. The molecule has 0 aromatic heterocycles. The molecule has 12 heavy (non-hydrogen) atoms. The first-order valence-corrected chi connectivity index (χ1v) is 6.58. The molecule has 0 heterocycles. The molecule has 0 N–H and O–H groups in total. The van der Waals surface area contributed by atoms with Gasteiger partial charge in [-0.3, -0.25) is 0 Å². The van der Waals surface area contributed by atoms with Gasteiger partial charge in [0.15, 0.2) is 0 Å². The molecule has 0 amide bonds. The zero-order valence-corrected chi connectivity index (χ0v) is 9.89. The normalized spacial score (nSPS) is 12.5. The fraction of sp³-hybridized carbons (Fsp3) is 1.00. The Balaban J connectivity index is 4.13. The maximum absolute atomic E-state index is 5.51. The highest BCUT2D eigenvalue weighted by molar-refractivity contribution is 6.67. The van der Waals surface area contributed by atoms with E-state index in [0.29, 0.717) is 0 Å². The minimum atomic E-state index is -1.88. The summed E-state index contributed by atoms with van der Waals surface area (Å²) in [7, 11) is 5.74. The lowest BCUT2D eigenvalue weighted by Gasteiger charge is -2.29. The van der Waals surface area contributed by atoms with Crippen molar-refractivity contribution in [3.8, 4) is 0 Å². The zero-order valence-electron chi connectivity index (χ0n) is 8.89. The smallest absolute Gasteiger partial charge is 0.352 e. The number of rotatable bonds is 6. The van der Waals surface area contributed by atoms with Crippen molar-refractivity contribution in [2.75, 3.05) is 34.5 Å². The van der Waals surface area contributed by atoms with Gasteiger partial charge >= 0.3 is 8.56 Å². The van der Waals surface area contributed by atoms with Crippen LogP contribution in [0.3, 0.4) is 0 Å². The van der Waals surface area contributed by atoms with Gasteiger partial charge in [0, 0.05) is 20.4 Å². The lowest BCUT2D eigenvalue weighted by Crippen LogP contribution is -2.49. The third-order valence-electron chi connectivity index (χ3n) is 1.93. The molecule has 0 saturated carbocycles. The van der Waals surface area contributed by atoms with Crippen molar-refractivity contribution in [2.24, 2.45) is 0 Å². The molecule has 0 aromatic carbocycles. The number of hydrogen-bond acceptors (Lipinski definition) is 3. The molecular formula is C8H21NO2Si. The predicted octanol–water partition coefficient (Wildman–Crippen LogP) is 1.23. The molecule has 3 nitrogen and oxygen atoms in total. The summed E-state index contributed by atoms with van der Waals surface area (Å²) in [5, 5.41) is 0. The first-order valence-electron chi connectivity index (χ1n) is 4.35. The second-order valence-corrected chi connectivity index (χ2v) is 6.76. The van der Waals surface area contributed by atoms with Crippen LogP contribution >= 0.6 is 0 Å². The van der Waals surface area contributed by atoms with Crippen LogP contribution < -0.4 is 0 Å². The van der Waals surface area contributed by atoms with E-state index < -0.39 is 8.56 Å². The minimum Gasteiger partial charge on any atom is -0.397 e. The van der Waals surface area contributed by atoms with Crippen molar-refractivity contribution >= 4 is 8.56 Å². The average Bonchev–Trinajstić information content (AvgIpc) is 2.03. The molecular weight excluding hydrogens is 170 g/mol. The van der Waals surface area contributed by atoms with Crippen LogP contribution in [-0.2, 0) is 8.85 Å². The highest BCUT2D eigenvalue weighted by atomic mass is 28.4. The quantitative estimate of drug-likeness (QED) is 0.590. The lowest BCUT2D eigenvalue weighted by atomic mass is 10.6. The molecule has 0 fully saturated rings. The van der Waals surface area contributed by atoms with Crippen molar-refractivity contribution < 1.29 is 8.85 Å². The molecule has 74 valence electrons. The van der Waals surface area contributed by atoms with Gasteiger partial charge in [0.2, 0.25) is 0 Å². The zero-order chi connectivity index (χ0) is 9.61. The summed E-state index contributed by atoms with van der Waals surface area (Å²) < 4.78 is 11.0. The summed E-state index contributed by atoms with van der Waals surface area (Å²) >= 11 is 0. The Morgan fingerprint density at radius 3 is 1.92 bits per heavy atom. The van der Waals surface area contributed by atoms with Gasteiger partial charge in [-0.25, -0.2) is 0 Å². The number of nitrogens with zero attached hydrogens (tertiary/aromatic N) is 1. The molecule has 0 rings (SSSR count). The third kappa shape index (κ3) is 3.67. The van der Waals surface area contributed by atoms with Gasteiger partial charge < -0.3 is 13.8 Å². The van der Waals surface area contributed by atoms with E-state index in [0.717, 1.165) is 18.6 Å². The molecule has 4 heteroatoms. The summed E-state index contributed by atoms with van der Waals surface area (Å²) in [5.41, 5.74) is 0. The van der Waals surface area contributed by atoms with Crippen LogP contribution in [-0.4, -0.2) is 47.9 Å². The largest absolute Gasteiger partial charge is 0.397 e. The van der Waals surface area contributed by atoms with Crippen molar-refractivity contribution in [1.29, 1.82) is 0 Å². The standard InChI is InChI=1S/C8H21NO2Si/c1-6-7-12(10-4,11-5)8-9(2)3/h6-8H2,1-5H3. The van der Waals surface area contributed by atoms with Crippen LogP contribution in [0.5, 0.6) is 0 Å². The molecule has 0 radical (unpaired) electrons. The van der Waals surface area contributed by atoms with Gasteiger partial charge in [0.05, 0.1) is 0 Å². The van der Waals surface area contributed by atoms with E-state index >= 15 is 0 Å². The van der Waals surface area contributed by atoms with E-state index in [1.807, 2.05) is 0 Å².